The van der Waals surface area contributed by atoms with Gasteiger partial charge < -0.3 is 29.1 Å². The first kappa shape index (κ1) is 28.3. The lowest BCUT2D eigenvalue weighted by Gasteiger charge is -2.37. The van der Waals surface area contributed by atoms with Crippen LogP contribution >= 0.6 is 23.2 Å². The number of aliphatic hydroxyl groups excluding tert-OH is 1. The van der Waals surface area contributed by atoms with Crippen LogP contribution in [0.1, 0.15) is 32.2 Å². The molecule has 2 saturated heterocycles. The molecule has 0 amide bonds. The van der Waals surface area contributed by atoms with Gasteiger partial charge in [-0.25, -0.2) is 23.7 Å². The van der Waals surface area contributed by atoms with Crippen LogP contribution in [-0.4, -0.2) is 85.8 Å². The second-order valence-electron chi connectivity index (χ2n) is 11.9. The van der Waals surface area contributed by atoms with Crippen LogP contribution in [0.5, 0.6) is 5.75 Å². The van der Waals surface area contributed by atoms with Gasteiger partial charge in [0.1, 0.15) is 44.0 Å². The van der Waals surface area contributed by atoms with Crippen molar-refractivity contribution < 1.29 is 26.2 Å². The lowest BCUT2D eigenvalue weighted by molar-refractivity contribution is -0.190. The van der Waals surface area contributed by atoms with Crippen LogP contribution in [-0.2, 0) is 21.8 Å². The van der Waals surface area contributed by atoms with Crippen molar-refractivity contribution in [2.45, 2.75) is 44.3 Å². The van der Waals surface area contributed by atoms with Crippen molar-refractivity contribution in [2.24, 2.45) is 0 Å². The number of hydrogen-bond acceptors (Lipinski definition) is 10. The highest BCUT2D eigenvalue weighted by molar-refractivity contribution is 6.35. The predicted octanol–water partition coefficient (Wildman–Crippen LogP) is 4.55. The Morgan fingerprint density at radius 3 is 2.34 bits per heavy atom. The van der Waals surface area contributed by atoms with Crippen molar-refractivity contribution in [3.8, 4) is 11.4 Å². The lowest BCUT2D eigenvalue weighted by Crippen LogP contribution is -2.46. The minimum Gasteiger partial charge on any atom is -0.491 e. The van der Waals surface area contributed by atoms with E-state index in [1.807, 2.05) is 36.4 Å². The van der Waals surface area contributed by atoms with E-state index in [-0.39, 0.29) is 25.9 Å². The van der Waals surface area contributed by atoms with Crippen molar-refractivity contribution in [1.29, 1.82) is 0 Å². The molecule has 2 fully saturated rings. The fraction of sp³-hybridized carbons (Fsp3) is 0.371. The number of ether oxygens (including phenoxy) is 3. The van der Waals surface area contributed by atoms with Crippen molar-refractivity contribution in [2.75, 3.05) is 49.2 Å². The van der Waals surface area contributed by atoms with Crippen molar-refractivity contribution in [3.05, 3.63) is 112 Å². The summed E-state index contributed by atoms with van der Waals surface area (Å²) in [7, 11) is 0. The highest BCUT2D eigenvalue weighted by atomic mass is 35.5. The molecule has 0 spiro atoms. The first-order chi connectivity index (χ1) is 26.3. The molecule has 262 valence electrons. The quantitative estimate of drug-likeness (QED) is 0.207. The Hall–Kier alpha value is -4.40. The largest absolute Gasteiger partial charge is 0.491 e. The van der Waals surface area contributed by atoms with Gasteiger partial charge in [-0.15, -0.1) is 0 Å². The van der Waals surface area contributed by atoms with Crippen LogP contribution in [0.3, 0.4) is 0 Å². The Bertz CT molecular complexity index is 2130. The Labute approximate surface area is 306 Å². The molecule has 4 heterocycles. The van der Waals surface area contributed by atoms with Crippen LogP contribution in [0.15, 0.2) is 90.5 Å². The number of rotatable bonds is 11. The van der Waals surface area contributed by atoms with Crippen molar-refractivity contribution in [1.82, 2.24) is 29.1 Å². The van der Waals surface area contributed by atoms with Crippen LogP contribution in [0.2, 0.25) is 10.0 Å². The third kappa shape index (κ3) is 7.10. The van der Waals surface area contributed by atoms with Gasteiger partial charge in [0, 0.05) is 53.6 Å². The Balaban J connectivity index is 0.930. The van der Waals surface area contributed by atoms with E-state index in [1.54, 1.807) is 41.3 Å². The summed E-state index contributed by atoms with van der Waals surface area (Å²) in [5, 5.41) is 19.3. The van der Waals surface area contributed by atoms with Crippen LogP contribution in [0, 0.1) is 0 Å². The summed E-state index contributed by atoms with van der Waals surface area (Å²) in [6.07, 6.45) is 1.52. The van der Waals surface area contributed by atoms with E-state index in [1.165, 1.54) is 6.33 Å². The molecule has 5 aromatic rings. The molecule has 15 heteroatoms. The molecule has 3 aromatic carbocycles. The van der Waals surface area contributed by atoms with E-state index in [4.69, 9.17) is 44.3 Å². The molecule has 2 unspecified atom stereocenters. The zero-order valence-corrected chi connectivity index (χ0v) is 28.3. The van der Waals surface area contributed by atoms with Crippen LogP contribution < -0.4 is 20.2 Å². The van der Waals surface area contributed by atoms with Crippen molar-refractivity contribution >= 4 is 34.6 Å². The highest BCUT2D eigenvalue weighted by Gasteiger charge is 2.45. The van der Waals surface area contributed by atoms with E-state index in [9.17, 15) is 9.90 Å². The molecule has 2 aliphatic rings. The van der Waals surface area contributed by atoms with Gasteiger partial charge in [-0.2, -0.15) is 10.2 Å². The normalized spacial score (nSPS) is 22.9. The summed E-state index contributed by atoms with van der Waals surface area (Å²) in [5.41, 5.74) is 2.26. The number of nitrogens with zero attached hydrogens (tertiary/aromatic N) is 8. The molecule has 0 bridgehead atoms. The molecule has 7 rings (SSSR count). The summed E-state index contributed by atoms with van der Waals surface area (Å²) in [5.74, 6) is -0.509. The lowest BCUT2D eigenvalue weighted by atomic mass is 10.1. The molecule has 13 nitrogen and oxygen atoms in total. The summed E-state index contributed by atoms with van der Waals surface area (Å²) >= 11 is 12.7. The zero-order valence-electron chi connectivity index (χ0n) is 31.8. The minimum atomic E-state index is -2.97. The average Bonchev–Trinajstić information content (AvgIpc) is 3.94. The van der Waals surface area contributed by atoms with Gasteiger partial charge >= 0.3 is 5.69 Å². The van der Waals surface area contributed by atoms with Gasteiger partial charge in [-0.05, 0) is 74.4 Å². The molecule has 4 atom stereocenters. The van der Waals surface area contributed by atoms with Crippen LogP contribution in [0.4, 0.5) is 11.4 Å². The monoisotopic (exact) mass is 725 g/mol. The molecule has 0 saturated carbocycles. The van der Waals surface area contributed by atoms with Gasteiger partial charge in [0.05, 0.1) is 30.8 Å². The second kappa shape index (κ2) is 14.4. The fourth-order valence-electron chi connectivity index (χ4n) is 6.07. The number of aromatic nitrogens is 6. The van der Waals surface area contributed by atoms with Gasteiger partial charge in [-0.3, -0.25) is 0 Å². The van der Waals surface area contributed by atoms with E-state index in [2.05, 4.69) is 25.0 Å². The maximum Gasteiger partial charge on any atom is 0.350 e. The molecule has 0 aliphatic carbocycles. The highest BCUT2D eigenvalue weighted by Crippen LogP contribution is 2.40. The molecular formula is C35H38Cl2N8O5. The average molecular weight is 727 g/mol. The Kier molecular flexibility index (Phi) is 8.18. The Morgan fingerprint density at radius 1 is 1.00 bits per heavy atom. The third-order valence-electron chi connectivity index (χ3n) is 8.71. The summed E-state index contributed by atoms with van der Waals surface area (Å²) in [6, 6.07) is 17.8. The maximum absolute atomic E-state index is 13.1. The number of piperazine rings is 1. The number of halogens is 2. The van der Waals surface area contributed by atoms with E-state index < -0.39 is 37.4 Å². The number of benzene rings is 3. The molecular weight excluding hydrogens is 683 g/mol. The first-order valence-corrected chi connectivity index (χ1v) is 16.6. The predicted molar refractivity (Wildman–Crippen MR) is 190 cm³/mol. The summed E-state index contributed by atoms with van der Waals surface area (Å²) < 4.78 is 60.7. The fourth-order valence-corrected chi connectivity index (χ4v) is 6.62. The van der Waals surface area contributed by atoms with E-state index in [0.29, 0.717) is 31.7 Å². The smallest absolute Gasteiger partial charge is 0.350 e. The molecule has 2 aliphatic heterocycles. The summed E-state index contributed by atoms with van der Waals surface area (Å²) in [4.78, 5) is 21.7. The van der Waals surface area contributed by atoms with E-state index >= 15 is 0 Å². The third-order valence-corrected chi connectivity index (χ3v) is 9.25. The van der Waals surface area contributed by atoms with Crippen molar-refractivity contribution in [3.63, 3.8) is 0 Å². The molecule has 0 radical (unpaired) electrons. The van der Waals surface area contributed by atoms with Gasteiger partial charge in [-0.1, -0.05) is 29.3 Å². The Morgan fingerprint density at radius 2 is 1.70 bits per heavy atom. The van der Waals surface area contributed by atoms with Gasteiger partial charge in [0.25, 0.3) is 0 Å². The maximum atomic E-state index is 13.1. The number of anilines is 2. The number of hydrogen-bond donors (Lipinski definition) is 1. The zero-order chi connectivity index (χ0) is 39.0. The standard InChI is InChI=1S/C35H38Cl2N8O5/c1-24(25(2)46)45-34(47)44(23-40-45)29-6-4-27(5-7-29)41-13-15-42(16-14-41)28-8-10-30(11-9-28)48-18-31-19-49-35(50-31,20-43-22-38-21-39-43)32-12-3-26(36)17-33(32)37/h3-12,17,21-25,31,46H,13-16,18-20H2,1-2H3/t24?,25?,31-,35-/m1/s1/i1D,2D3,24D. The minimum absolute atomic E-state index is 0.234. The van der Waals surface area contributed by atoms with Gasteiger partial charge in [0.15, 0.2) is 0 Å². The molecule has 1 N–H and O–H groups in total. The molecule has 50 heavy (non-hydrogen) atoms. The van der Waals surface area contributed by atoms with Gasteiger partial charge in [0.2, 0.25) is 5.79 Å². The van der Waals surface area contributed by atoms with Crippen LogP contribution in [0.25, 0.3) is 5.69 Å². The topological polar surface area (TPSA) is 125 Å². The van der Waals surface area contributed by atoms with E-state index in [0.717, 1.165) is 48.4 Å². The number of aliphatic hydroxyl groups is 1. The SMILES string of the molecule is [2H]CC([2H])(C(O)C([2H])([2H])[2H])n1ncn(-c2ccc(N3CCN(c4ccc(OC[C@@H]5CO[C@@](Cn6cncn6)(c6ccc(Cl)cc6Cl)O5)cc4)CC3)cc2)c1=O. The molecule has 2 aromatic heterocycles. The summed E-state index contributed by atoms with van der Waals surface area (Å²) in [6.45, 7) is -0.0436. The first-order valence-electron chi connectivity index (χ1n) is 18.6. The second-order valence-corrected chi connectivity index (χ2v) is 12.7.